The van der Waals surface area contributed by atoms with E-state index in [1.165, 1.54) is 0 Å². The summed E-state index contributed by atoms with van der Waals surface area (Å²) in [6, 6.07) is 5.44. The van der Waals surface area contributed by atoms with Crippen molar-refractivity contribution in [2.45, 2.75) is 39.7 Å². The Labute approximate surface area is 113 Å². The summed E-state index contributed by atoms with van der Waals surface area (Å²) in [7, 11) is 0. The van der Waals surface area contributed by atoms with Crippen LogP contribution in [0.15, 0.2) is 18.2 Å². The number of benzene rings is 1. The second-order valence-electron chi connectivity index (χ2n) is 4.44. The molecule has 1 aromatic rings. The van der Waals surface area contributed by atoms with Gasteiger partial charge in [-0.1, -0.05) is 24.6 Å². The van der Waals surface area contributed by atoms with E-state index in [-0.39, 0.29) is 5.97 Å². The van der Waals surface area contributed by atoms with Crippen molar-refractivity contribution in [1.82, 2.24) is 0 Å². The Hall–Kier alpha value is -1.22. The molecular weight excluding hydrogens is 252 g/mol. The van der Waals surface area contributed by atoms with E-state index in [0.717, 1.165) is 12.0 Å². The molecule has 0 N–H and O–H groups in total. The molecule has 0 saturated heterocycles. The zero-order valence-corrected chi connectivity index (χ0v) is 12.0. The zero-order chi connectivity index (χ0) is 13.8. The fraction of sp³-hybridized carbons (Fsp3) is 0.500. The van der Waals surface area contributed by atoms with E-state index < -0.39 is 5.60 Å². The molecule has 18 heavy (non-hydrogen) atoms. The number of aryl methyl sites for hydroxylation is 1. The maximum atomic E-state index is 11.7. The predicted molar refractivity (Wildman–Crippen MR) is 72.2 cm³/mol. The van der Waals surface area contributed by atoms with Gasteiger partial charge in [0.2, 0.25) is 0 Å². The number of carbonyl (C=O) groups excluding carboxylic acids is 1. The Bertz CT molecular complexity index is 427. The van der Waals surface area contributed by atoms with E-state index >= 15 is 0 Å². The maximum absolute atomic E-state index is 11.7. The summed E-state index contributed by atoms with van der Waals surface area (Å²) in [5.74, 6) is 0.177. The molecule has 0 bridgehead atoms. The minimum Gasteiger partial charge on any atom is -0.476 e. The monoisotopic (exact) mass is 270 g/mol. The van der Waals surface area contributed by atoms with Gasteiger partial charge in [0, 0.05) is 5.02 Å². The third kappa shape index (κ3) is 3.64. The molecule has 0 spiro atoms. The zero-order valence-electron chi connectivity index (χ0n) is 11.2. The standard InChI is InChI=1S/C14H19ClO3/c1-5-10-7-8-11(9-12(10)15)18-14(3,4)13(16)17-6-2/h7-9H,5-6H2,1-4H3. The normalized spacial score (nSPS) is 11.2. The maximum Gasteiger partial charge on any atom is 0.349 e. The minimum atomic E-state index is -1.02. The van der Waals surface area contributed by atoms with Crippen molar-refractivity contribution in [2.75, 3.05) is 6.61 Å². The van der Waals surface area contributed by atoms with E-state index in [0.29, 0.717) is 17.4 Å². The van der Waals surface area contributed by atoms with Gasteiger partial charge in [-0.2, -0.15) is 0 Å². The van der Waals surface area contributed by atoms with Crippen molar-refractivity contribution in [3.63, 3.8) is 0 Å². The van der Waals surface area contributed by atoms with Crippen LogP contribution in [0.5, 0.6) is 5.75 Å². The van der Waals surface area contributed by atoms with Gasteiger partial charge in [0.15, 0.2) is 5.60 Å². The van der Waals surface area contributed by atoms with Gasteiger partial charge in [-0.25, -0.2) is 4.79 Å². The summed E-state index contributed by atoms with van der Waals surface area (Å²) >= 11 is 6.10. The first-order chi connectivity index (χ1) is 8.40. The Morgan fingerprint density at radius 1 is 1.33 bits per heavy atom. The van der Waals surface area contributed by atoms with E-state index in [1.54, 1.807) is 26.8 Å². The van der Waals surface area contributed by atoms with Crippen LogP contribution in [0.3, 0.4) is 0 Å². The Morgan fingerprint density at radius 3 is 2.50 bits per heavy atom. The van der Waals surface area contributed by atoms with Crippen molar-refractivity contribution in [2.24, 2.45) is 0 Å². The number of carbonyl (C=O) groups is 1. The summed E-state index contributed by atoms with van der Waals surface area (Å²) in [4.78, 5) is 11.7. The Balaban J connectivity index is 2.84. The summed E-state index contributed by atoms with van der Waals surface area (Å²) in [5.41, 5.74) is 0.0329. The third-order valence-corrected chi connectivity index (χ3v) is 2.90. The summed E-state index contributed by atoms with van der Waals surface area (Å²) < 4.78 is 10.6. The highest BCUT2D eigenvalue weighted by atomic mass is 35.5. The van der Waals surface area contributed by atoms with Crippen LogP contribution in [0.25, 0.3) is 0 Å². The van der Waals surface area contributed by atoms with Crippen LogP contribution in [-0.4, -0.2) is 18.2 Å². The molecule has 0 aliphatic heterocycles. The van der Waals surface area contributed by atoms with Crippen LogP contribution >= 0.6 is 11.6 Å². The van der Waals surface area contributed by atoms with E-state index in [4.69, 9.17) is 21.1 Å². The average Bonchev–Trinajstić information content (AvgIpc) is 2.29. The van der Waals surface area contributed by atoms with Gasteiger partial charge in [-0.15, -0.1) is 0 Å². The highest BCUT2D eigenvalue weighted by Gasteiger charge is 2.31. The fourth-order valence-electron chi connectivity index (χ4n) is 1.52. The van der Waals surface area contributed by atoms with Crippen molar-refractivity contribution in [3.8, 4) is 5.75 Å². The molecule has 1 rings (SSSR count). The van der Waals surface area contributed by atoms with E-state index in [2.05, 4.69) is 0 Å². The van der Waals surface area contributed by atoms with Crippen molar-refractivity contribution in [1.29, 1.82) is 0 Å². The summed E-state index contributed by atoms with van der Waals surface area (Å²) in [6.45, 7) is 7.48. The molecule has 0 amide bonds. The number of hydrogen-bond acceptors (Lipinski definition) is 3. The highest BCUT2D eigenvalue weighted by Crippen LogP contribution is 2.26. The molecule has 0 aromatic heterocycles. The van der Waals surface area contributed by atoms with Crippen molar-refractivity contribution >= 4 is 17.6 Å². The van der Waals surface area contributed by atoms with Gasteiger partial charge < -0.3 is 9.47 Å². The highest BCUT2D eigenvalue weighted by molar-refractivity contribution is 6.31. The van der Waals surface area contributed by atoms with Gasteiger partial charge in [-0.3, -0.25) is 0 Å². The molecule has 0 heterocycles. The van der Waals surface area contributed by atoms with E-state index in [1.807, 2.05) is 19.1 Å². The molecule has 4 heteroatoms. The number of halogens is 1. The molecule has 0 saturated carbocycles. The molecular formula is C14H19ClO3. The number of hydrogen-bond donors (Lipinski definition) is 0. The number of esters is 1. The number of rotatable bonds is 5. The first-order valence-corrected chi connectivity index (χ1v) is 6.43. The Kier molecular flexibility index (Phi) is 5.03. The molecule has 3 nitrogen and oxygen atoms in total. The molecule has 0 aliphatic carbocycles. The lowest BCUT2D eigenvalue weighted by Crippen LogP contribution is -2.39. The average molecular weight is 271 g/mol. The van der Waals surface area contributed by atoms with Crippen LogP contribution < -0.4 is 4.74 Å². The topological polar surface area (TPSA) is 35.5 Å². The molecule has 0 atom stereocenters. The Morgan fingerprint density at radius 2 is 2.00 bits per heavy atom. The molecule has 0 unspecified atom stereocenters. The first-order valence-electron chi connectivity index (χ1n) is 6.05. The quantitative estimate of drug-likeness (QED) is 0.767. The van der Waals surface area contributed by atoms with E-state index in [9.17, 15) is 4.79 Å². The third-order valence-electron chi connectivity index (χ3n) is 2.55. The lowest BCUT2D eigenvalue weighted by molar-refractivity contribution is -0.158. The van der Waals surface area contributed by atoms with Gasteiger partial charge >= 0.3 is 5.97 Å². The minimum absolute atomic E-state index is 0.334. The SMILES string of the molecule is CCOC(=O)C(C)(C)Oc1ccc(CC)c(Cl)c1. The molecule has 0 radical (unpaired) electrons. The summed E-state index contributed by atoms with van der Waals surface area (Å²) in [6.07, 6.45) is 0.861. The van der Waals surface area contributed by atoms with Crippen LogP contribution in [-0.2, 0) is 16.0 Å². The van der Waals surface area contributed by atoms with Gasteiger partial charge in [0.05, 0.1) is 6.61 Å². The van der Waals surface area contributed by atoms with Gasteiger partial charge in [0.1, 0.15) is 5.75 Å². The first kappa shape index (κ1) is 14.8. The predicted octanol–water partition coefficient (Wildman–Crippen LogP) is 3.62. The molecule has 100 valence electrons. The van der Waals surface area contributed by atoms with Crippen LogP contribution in [0, 0.1) is 0 Å². The van der Waals surface area contributed by atoms with Crippen molar-refractivity contribution in [3.05, 3.63) is 28.8 Å². The molecule has 1 aromatic carbocycles. The smallest absolute Gasteiger partial charge is 0.349 e. The lowest BCUT2D eigenvalue weighted by Gasteiger charge is -2.24. The van der Waals surface area contributed by atoms with Crippen LogP contribution in [0.4, 0.5) is 0 Å². The van der Waals surface area contributed by atoms with Gasteiger partial charge in [-0.05, 0) is 44.9 Å². The van der Waals surface area contributed by atoms with Crippen LogP contribution in [0.2, 0.25) is 5.02 Å². The van der Waals surface area contributed by atoms with Crippen molar-refractivity contribution < 1.29 is 14.3 Å². The number of ether oxygens (including phenoxy) is 2. The van der Waals surface area contributed by atoms with Gasteiger partial charge in [0.25, 0.3) is 0 Å². The second-order valence-corrected chi connectivity index (χ2v) is 4.85. The largest absolute Gasteiger partial charge is 0.476 e. The summed E-state index contributed by atoms with van der Waals surface area (Å²) in [5, 5.41) is 0.648. The second kappa shape index (κ2) is 6.10. The molecule has 0 aliphatic rings. The van der Waals surface area contributed by atoms with Crippen LogP contribution in [0.1, 0.15) is 33.3 Å². The fourth-order valence-corrected chi connectivity index (χ4v) is 1.82. The molecule has 0 fully saturated rings. The lowest BCUT2D eigenvalue weighted by atomic mass is 10.1.